The first kappa shape index (κ1) is 25.2. The predicted molar refractivity (Wildman–Crippen MR) is 113 cm³/mol. The third-order valence-electron chi connectivity index (χ3n) is 3.98. The van der Waals surface area contributed by atoms with Gasteiger partial charge < -0.3 is 19.5 Å². The van der Waals surface area contributed by atoms with Crippen LogP contribution < -0.4 is 19.5 Å². The van der Waals surface area contributed by atoms with Crippen molar-refractivity contribution in [1.82, 2.24) is 10.0 Å². The molecule has 1 amide bonds. The lowest BCUT2D eigenvalue weighted by Crippen LogP contribution is -2.39. The third kappa shape index (κ3) is 9.96. The van der Waals surface area contributed by atoms with Crippen molar-refractivity contribution in [1.29, 1.82) is 0 Å². The van der Waals surface area contributed by atoms with Crippen LogP contribution in [0.1, 0.15) is 51.6 Å². The Morgan fingerprint density at radius 2 is 1.72 bits per heavy atom. The standard InChI is InChI=1S/C20H34N2O6S/c1-5-10-27-18-9-8-17(14-19(18)28-11-6-2)16(3)22-20(23)15-21-29(24,25)13-7-12-26-4/h8-9,14,16,21H,5-7,10-13,15H2,1-4H3,(H,22,23). The highest BCUT2D eigenvalue weighted by atomic mass is 32.2. The highest BCUT2D eigenvalue weighted by molar-refractivity contribution is 7.89. The number of hydrogen-bond donors (Lipinski definition) is 2. The topological polar surface area (TPSA) is 103 Å². The lowest BCUT2D eigenvalue weighted by Gasteiger charge is -2.18. The van der Waals surface area contributed by atoms with Gasteiger partial charge in [0, 0.05) is 13.7 Å². The molecule has 8 nitrogen and oxygen atoms in total. The van der Waals surface area contributed by atoms with Crippen LogP contribution in [0.2, 0.25) is 0 Å². The van der Waals surface area contributed by atoms with Gasteiger partial charge in [-0.15, -0.1) is 0 Å². The maximum Gasteiger partial charge on any atom is 0.235 e. The summed E-state index contributed by atoms with van der Waals surface area (Å²) in [5.41, 5.74) is 0.844. The van der Waals surface area contributed by atoms with E-state index in [0.29, 0.717) is 37.7 Å². The van der Waals surface area contributed by atoms with Crippen molar-refractivity contribution in [2.24, 2.45) is 0 Å². The maximum absolute atomic E-state index is 12.1. The van der Waals surface area contributed by atoms with Gasteiger partial charge >= 0.3 is 0 Å². The summed E-state index contributed by atoms with van der Waals surface area (Å²) in [5, 5.41) is 2.80. The monoisotopic (exact) mass is 430 g/mol. The van der Waals surface area contributed by atoms with Crippen molar-refractivity contribution in [2.45, 2.75) is 46.1 Å². The van der Waals surface area contributed by atoms with E-state index in [2.05, 4.69) is 10.0 Å². The Labute approximate surface area is 174 Å². The molecule has 9 heteroatoms. The number of amides is 1. The number of nitrogens with one attached hydrogen (secondary N) is 2. The Balaban J connectivity index is 2.67. The van der Waals surface area contributed by atoms with Crippen LogP contribution in [0, 0.1) is 0 Å². The molecule has 0 heterocycles. The number of rotatable bonds is 15. The molecule has 2 N–H and O–H groups in total. The minimum atomic E-state index is -3.51. The SMILES string of the molecule is CCCOc1ccc(C(C)NC(=O)CNS(=O)(=O)CCCOC)cc1OCCC. The molecule has 166 valence electrons. The zero-order valence-electron chi connectivity index (χ0n) is 17.8. The lowest BCUT2D eigenvalue weighted by molar-refractivity contribution is -0.120. The number of methoxy groups -OCH3 is 1. The molecule has 1 atom stereocenters. The number of hydrogen-bond acceptors (Lipinski definition) is 6. The van der Waals surface area contributed by atoms with Gasteiger partial charge in [-0.3, -0.25) is 4.79 Å². The second kappa shape index (κ2) is 13.4. The Morgan fingerprint density at radius 3 is 2.34 bits per heavy atom. The Hall–Kier alpha value is -1.84. The van der Waals surface area contributed by atoms with Gasteiger partial charge in [0.2, 0.25) is 15.9 Å². The summed E-state index contributed by atoms with van der Waals surface area (Å²) in [6.45, 7) is 7.09. The van der Waals surface area contributed by atoms with Gasteiger partial charge in [0.1, 0.15) is 0 Å². The molecule has 0 saturated carbocycles. The first-order valence-electron chi connectivity index (χ1n) is 9.98. The second-order valence-electron chi connectivity index (χ2n) is 6.68. The van der Waals surface area contributed by atoms with Crippen molar-refractivity contribution in [3.05, 3.63) is 23.8 Å². The van der Waals surface area contributed by atoms with Gasteiger partial charge in [-0.2, -0.15) is 0 Å². The third-order valence-corrected chi connectivity index (χ3v) is 5.39. The zero-order valence-corrected chi connectivity index (χ0v) is 18.6. The average Bonchev–Trinajstić information content (AvgIpc) is 2.69. The summed E-state index contributed by atoms with van der Waals surface area (Å²) in [4.78, 5) is 12.1. The highest BCUT2D eigenvalue weighted by Crippen LogP contribution is 2.31. The number of carbonyl (C=O) groups is 1. The molecule has 0 aliphatic rings. The van der Waals surface area contributed by atoms with E-state index in [1.165, 1.54) is 7.11 Å². The molecule has 0 radical (unpaired) electrons. The van der Waals surface area contributed by atoms with Crippen molar-refractivity contribution in [2.75, 3.05) is 39.2 Å². The van der Waals surface area contributed by atoms with Gasteiger partial charge in [-0.25, -0.2) is 13.1 Å². The number of carbonyl (C=O) groups excluding carboxylic acids is 1. The smallest absolute Gasteiger partial charge is 0.235 e. The molecule has 1 rings (SSSR count). The van der Waals surface area contributed by atoms with E-state index in [0.717, 1.165) is 18.4 Å². The van der Waals surface area contributed by atoms with E-state index in [4.69, 9.17) is 14.2 Å². The van der Waals surface area contributed by atoms with E-state index in [1.807, 2.05) is 39.0 Å². The van der Waals surface area contributed by atoms with E-state index in [9.17, 15) is 13.2 Å². The molecule has 1 aromatic rings. The summed E-state index contributed by atoms with van der Waals surface area (Å²) in [6.07, 6.45) is 2.13. The Morgan fingerprint density at radius 1 is 1.07 bits per heavy atom. The van der Waals surface area contributed by atoms with Gasteiger partial charge in [0.15, 0.2) is 11.5 Å². The number of ether oxygens (including phenoxy) is 3. The zero-order chi connectivity index (χ0) is 21.7. The van der Waals surface area contributed by atoms with Crippen molar-refractivity contribution in [3.8, 4) is 11.5 Å². The highest BCUT2D eigenvalue weighted by Gasteiger charge is 2.16. The molecule has 0 fully saturated rings. The molecule has 0 aliphatic carbocycles. The van der Waals surface area contributed by atoms with Crippen LogP contribution in [0.5, 0.6) is 11.5 Å². The fourth-order valence-corrected chi connectivity index (χ4v) is 3.46. The summed E-state index contributed by atoms with van der Waals surface area (Å²) in [7, 11) is -2.00. The molecule has 0 aromatic heterocycles. The Kier molecular flexibility index (Phi) is 11.6. The lowest BCUT2D eigenvalue weighted by atomic mass is 10.1. The van der Waals surface area contributed by atoms with Crippen LogP contribution >= 0.6 is 0 Å². The second-order valence-corrected chi connectivity index (χ2v) is 8.61. The van der Waals surface area contributed by atoms with E-state index < -0.39 is 15.9 Å². The molecule has 29 heavy (non-hydrogen) atoms. The quantitative estimate of drug-likeness (QED) is 0.414. The molecule has 0 aliphatic heterocycles. The first-order chi connectivity index (χ1) is 13.8. The Bertz CT molecular complexity index is 724. The van der Waals surface area contributed by atoms with Crippen molar-refractivity contribution < 1.29 is 27.4 Å². The molecule has 0 spiro atoms. The molecule has 1 aromatic carbocycles. The number of benzene rings is 1. The van der Waals surface area contributed by atoms with Crippen LogP contribution in [-0.4, -0.2) is 53.6 Å². The van der Waals surface area contributed by atoms with Gasteiger partial charge in [0.25, 0.3) is 0 Å². The molecule has 1 unspecified atom stereocenters. The first-order valence-corrected chi connectivity index (χ1v) is 11.6. The average molecular weight is 431 g/mol. The minimum Gasteiger partial charge on any atom is -0.490 e. The van der Waals surface area contributed by atoms with Crippen LogP contribution in [0.4, 0.5) is 0 Å². The maximum atomic E-state index is 12.1. The summed E-state index contributed by atoms with van der Waals surface area (Å²) in [5.74, 6) is 0.820. The molecular formula is C20H34N2O6S. The van der Waals surface area contributed by atoms with Gasteiger partial charge in [0.05, 0.1) is 31.6 Å². The summed E-state index contributed by atoms with van der Waals surface area (Å²) < 4.78 is 42.4. The van der Waals surface area contributed by atoms with Crippen LogP contribution in [0.25, 0.3) is 0 Å². The largest absolute Gasteiger partial charge is 0.490 e. The minimum absolute atomic E-state index is 0.0823. The van der Waals surface area contributed by atoms with Gasteiger partial charge in [-0.05, 0) is 43.9 Å². The summed E-state index contributed by atoms with van der Waals surface area (Å²) in [6, 6.07) is 5.23. The van der Waals surface area contributed by atoms with Crippen LogP contribution in [0.15, 0.2) is 18.2 Å². The van der Waals surface area contributed by atoms with Crippen LogP contribution in [0.3, 0.4) is 0 Å². The van der Waals surface area contributed by atoms with E-state index in [-0.39, 0.29) is 18.3 Å². The fourth-order valence-electron chi connectivity index (χ4n) is 2.47. The fraction of sp³-hybridized carbons (Fsp3) is 0.650. The number of sulfonamides is 1. The van der Waals surface area contributed by atoms with Crippen molar-refractivity contribution in [3.63, 3.8) is 0 Å². The van der Waals surface area contributed by atoms with E-state index in [1.54, 1.807) is 0 Å². The molecule has 0 saturated heterocycles. The predicted octanol–water partition coefficient (Wildman–Crippen LogP) is 2.40. The normalized spacial score (nSPS) is 12.4. The molecule has 0 bridgehead atoms. The summed E-state index contributed by atoms with van der Waals surface area (Å²) >= 11 is 0. The molecular weight excluding hydrogens is 396 g/mol. The van der Waals surface area contributed by atoms with Gasteiger partial charge in [-0.1, -0.05) is 19.9 Å². The van der Waals surface area contributed by atoms with Crippen molar-refractivity contribution >= 4 is 15.9 Å². The van der Waals surface area contributed by atoms with Crippen LogP contribution in [-0.2, 0) is 19.6 Å². The van der Waals surface area contributed by atoms with E-state index >= 15 is 0 Å².